The number of carbonyl (C=O) groups excluding carboxylic acids is 1. The van der Waals surface area contributed by atoms with E-state index < -0.39 is 17.8 Å². The molecule has 3 aromatic rings. The highest BCUT2D eigenvalue weighted by molar-refractivity contribution is 5.95. The first-order valence-electron chi connectivity index (χ1n) is 8.19. The van der Waals surface area contributed by atoms with Gasteiger partial charge < -0.3 is 14.8 Å². The van der Waals surface area contributed by atoms with E-state index in [1.165, 1.54) is 22.8 Å². The van der Waals surface area contributed by atoms with E-state index in [-0.39, 0.29) is 17.1 Å². The summed E-state index contributed by atoms with van der Waals surface area (Å²) in [6, 6.07) is 10.7. The number of aromatic carboxylic acids is 1. The normalized spacial score (nSPS) is 12.1. The van der Waals surface area contributed by atoms with Crippen LogP contribution in [0.2, 0.25) is 0 Å². The summed E-state index contributed by atoms with van der Waals surface area (Å²) in [5, 5.41) is 11.8. The molecule has 1 heterocycles. The molecular formula is C19H18N2O5. The SMILES string of the molecule is CCc1ccc(NC(=O)C(C)n2c(=O)oc3cc(C(=O)O)ccc32)cc1. The molecule has 1 amide bonds. The first-order valence-corrected chi connectivity index (χ1v) is 8.19. The van der Waals surface area contributed by atoms with Crippen molar-refractivity contribution >= 4 is 28.7 Å². The molecule has 0 aliphatic heterocycles. The van der Waals surface area contributed by atoms with Crippen LogP contribution < -0.4 is 11.1 Å². The highest BCUT2D eigenvalue weighted by Crippen LogP contribution is 2.20. The molecule has 0 saturated heterocycles. The van der Waals surface area contributed by atoms with Crippen LogP contribution in [0, 0.1) is 0 Å². The van der Waals surface area contributed by atoms with Gasteiger partial charge in [0.25, 0.3) is 0 Å². The Hall–Kier alpha value is -3.35. The van der Waals surface area contributed by atoms with Crippen LogP contribution in [0.15, 0.2) is 51.7 Å². The van der Waals surface area contributed by atoms with E-state index >= 15 is 0 Å². The molecule has 1 unspecified atom stereocenters. The smallest absolute Gasteiger partial charge is 0.420 e. The van der Waals surface area contributed by atoms with Crippen molar-refractivity contribution in [1.29, 1.82) is 0 Å². The minimum absolute atomic E-state index is 0.00604. The maximum Gasteiger partial charge on any atom is 0.420 e. The number of benzene rings is 2. The fraction of sp³-hybridized carbons (Fsp3) is 0.211. The second-order valence-electron chi connectivity index (χ2n) is 5.94. The van der Waals surface area contributed by atoms with Crippen LogP contribution in [-0.4, -0.2) is 21.6 Å². The highest BCUT2D eigenvalue weighted by Gasteiger charge is 2.22. The first-order chi connectivity index (χ1) is 12.4. The zero-order valence-electron chi connectivity index (χ0n) is 14.4. The van der Waals surface area contributed by atoms with Gasteiger partial charge in [0.05, 0.1) is 11.1 Å². The van der Waals surface area contributed by atoms with E-state index in [0.717, 1.165) is 12.0 Å². The molecule has 0 spiro atoms. The zero-order valence-corrected chi connectivity index (χ0v) is 14.4. The lowest BCUT2D eigenvalue weighted by atomic mass is 10.1. The molecule has 2 aromatic carbocycles. The van der Waals surface area contributed by atoms with Gasteiger partial charge >= 0.3 is 11.7 Å². The number of aryl methyl sites for hydroxylation is 1. The van der Waals surface area contributed by atoms with E-state index in [0.29, 0.717) is 11.2 Å². The number of oxazole rings is 1. The third-order valence-electron chi connectivity index (χ3n) is 4.26. The number of carboxylic acid groups (broad SMARTS) is 1. The van der Waals surface area contributed by atoms with Gasteiger partial charge in [-0.05, 0) is 49.2 Å². The number of carboxylic acids is 1. The van der Waals surface area contributed by atoms with Gasteiger partial charge in [0.15, 0.2) is 5.58 Å². The van der Waals surface area contributed by atoms with E-state index in [1.807, 2.05) is 19.1 Å². The molecule has 0 radical (unpaired) electrons. The maximum atomic E-state index is 12.5. The van der Waals surface area contributed by atoms with Gasteiger partial charge in [-0.15, -0.1) is 0 Å². The third kappa shape index (κ3) is 3.23. The Morgan fingerprint density at radius 1 is 1.19 bits per heavy atom. The average molecular weight is 354 g/mol. The van der Waals surface area contributed by atoms with Gasteiger partial charge in [-0.3, -0.25) is 9.36 Å². The molecular weight excluding hydrogens is 336 g/mol. The number of anilines is 1. The molecule has 26 heavy (non-hydrogen) atoms. The van der Waals surface area contributed by atoms with Crippen LogP contribution >= 0.6 is 0 Å². The Kier molecular flexibility index (Phi) is 4.62. The molecule has 7 nitrogen and oxygen atoms in total. The third-order valence-corrected chi connectivity index (χ3v) is 4.26. The van der Waals surface area contributed by atoms with Crippen molar-refractivity contribution in [2.24, 2.45) is 0 Å². The molecule has 3 rings (SSSR count). The van der Waals surface area contributed by atoms with Gasteiger partial charge in [-0.2, -0.15) is 0 Å². The molecule has 0 aliphatic carbocycles. The monoisotopic (exact) mass is 354 g/mol. The first kappa shape index (κ1) is 17.5. The largest absolute Gasteiger partial charge is 0.478 e. The summed E-state index contributed by atoms with van der Waals surface area (Å²) >= 11 is 0. The van der Waals surface area contributed by atoms with Crippen LogP contribution in [0.3, 0.4) is 0 Å². The Labute approximate surface area is 148 Å². The molecule has 0 aliphatic rings. The summed E-state index contributed by atoms with van der Waals surface area (Å²) < 4.78 is 6.31. The lowest BCUT2D eigenvalue weighted by Crippen LogP contribution is -2.29. The van der Waals surface area contributed by atoms with Crippen molar-refractivity contribution in [2.75, 3.05) is 5.32 Å². The zero-order chi connectivity index (χ0) is 18.8. The van der Waals surface area contributed by atoms with E-state index in [2.05, 4.69) is 5.32 Å². The predicted molar refractivity (Wildman–Crippen MR) is 96.6 cm³/mol. The van der Waals surface area contributed by atoms with Crippen molar-refractivity contribution in [2.45, 2.75) is 26.3 Å². The van der Waals surface area contributed by atoms with Crippen LogP contribution in [0.1, 0.15) is 35.8 Å². The number of fused-ring (bicyclic) bond motifs is 1. The average Bonchev–Trinajstić information content (AvgIpc) is 2.96. The van der Waals surface area contributed by atoms with Crippen LogP contribution in [0.25, 0.3) is 11.1 Å². The summed E-state index contributed by atoms with van der Waals surface area (Å²) in [7, 11) is 0. The second-order valence-corrected chi connectivity index (χ2v) is 5.94. The number of rotatable bonds is 5. The fourth-order valence-electron chi connectivity index (χ4n) is 2.72. The Morgan fingerprint density at radius 3 is 2.50 bits per heavy atom. The molecule has 0 fully saturated rings. The Morgan fingerprint density at radius 2 is 1.88 bits per heavy atom. The number of nitrogens with one attached hydrogen (secondary N) is 1. The summed E-state index contributed by atoms with van der Waals surface area (Å²) in [6.45, 7) is 3.62. The summed E-state index contributed by atoms with van der Waals surface area (Å²) in [5.74, 6) is -2.21. The molecule has 0 bridgehead atoms. The molecule has 7 heteroatoms. The number of nitrogens with zero attached hydrogens (tertiary/aromatic N) is 1. The van der Waals surface area contributed by atoms with E-state index in [9.17, 15) is 14.4 Å². The topological polar surface area (TPSA) is 102 Å². The quantitative estimate of drug-likeness (QED) is 0.733. The Bertz CT molecular complexity index is 1030. The van der Waals surface area contributed by atoms with Gasteiger partial charge in [0, 0.05) is 5.69 Å². The summed E-state index contributed by atoms with van der Waals surface area (Å²) in [4.78, 5) is 35.7. The lowest BCUT2D eigenvalue weighted by molar-refractivity contribution is -0.118. The molecule has 134 valence electrons. The van der Waals surface area contributed by atoms with Crippen molar-refractivity contribution < 1.29 is 19.1 Å². The minimum Gasteiger partial charge on any atom is -0.478 e. The Balaban J connectivity index is 1.89. The minimum atomic E-state index is -1.12. The summed E-state index contributed by atoms with van der Waals surface area (Å²) in [5.41, 5.74) is 2.28. The number of carbonyl (C=O) groups is 2. The molecule has 1 atom stereocenters. The van der Waals surface area contributed by atoms with Crippen LogP contribution in [0.5, 0.6) is 0 Å². The van der Waals surface area contributed by atoms with Crippen molar-refractivity contribution in [1.82, 2.24) is 4.57 Å². The number of amides is 1. The van der Waals surface area contributed by atoms with E-state index in [1.54, 1.807) is 19.1 Å². The van der Waals surface area contributed by atoms with Crippen molar-refractivity contribution in [3.05, 3.63) is 64.1 Å². The number of hydrogen-bond acceptors (Lipinski definition) is 4. The lowest BCUT2D eigenvalue weighted by Gasteiger charge is -2.13. The van der Waals surface area contributed by atoms with Gasteiger partial charge in [-0.25, -0.2) is 9.59 Å². The summed E-state index contributed by atoms with van der Waals surface area (Å²) in [6.07, 6.45) is 0.902. The maximum absolute atomic E-state index is 12.5. The van der Waals surface area contributed by atoms with Gasteiger partial charge in [0.2, 0.25) is 5.91 Å². The standard InChI is InChI=1S/C19H18N2O5/c1-3-12-4-7-14(8-5-12)20-17(22)11(2)21-15-9-6-13(18(23)24)10-16(15)26-19(21)25/h4-11H,3H2,1-2H3,(H,20,22)(H,23,24). The van der Waals surface area contributed by atoms with Crippen LogP contribution in [0.4, 0.5) is 5.69 Å². The molecule has 1 aromatic heterocycles. The highest BCUT2D eigenvalue weighted by atomic mass is 16.4. The van der Waals surface area contributed by atoms with Gasteiger partial charge in [-0.1, -0.05) is 19.1 Å². The van der Waals surface area contributed by atoms with Gasteiger partial charge in [0.1, 0.15) is 6.04 Å². The fourth-order valence-corrected chi connectivity index (χ4v) is 2.72. The second kappa shape index (κ2) is 6.87. The van der Waals surface area contributed by atoms with E-state index in [4.69, 9.17) is 9.52 Å². The number of aromatic nitrogens is 1. The number of hydrogen-bond donors (Lipinski definition) is 2. The van der Waals surface area contributed by atoms with Crippen molar-refractivity contribution in [3.8, 4) is 0 Å². The van der Waals surface area contributed by atoms with Crippen molar-refractivity contribution in [3.63, 3.8) is 0 Å². The predicted octanol–water partition coefficient (Wildman–Crippen LogP) is 3.05. The molecule has 2 N–H and O–H groups in total. The molecule has 0 saturated carbocycles. The van der Waals surface area contributed by atoms with Crippen LogP contribution in [-0.2, 0) is 11.2 Å².